The summed E-state index contributed by atoms with van der Waals surface area (Å²) in [5.74, 6) is 0.905. The van der Waals surface area contributed by atoms with Crippen LogP contribution in [-0.2, 0) is 6.54 Å². The SMILES string of the molecule is Ic1cncnc1NCCCNCc1cccnc1. The van der Waals surface area contributed by atoms with Gasteiger partial charge in [0.05, 0.1) is 3.57 Å². The largest absolute Gasteiger partial charge is 0.369 e. The van der Waals surface area contributed by atoms with Gasteiger partial charge in [-0.2, -0.15) is 0 Å². The van der Waals surface area contributed by atoms with Crippen LogP contribution in [-0.4, -0.2) is 28.0 Å². The molecular formula is C13H16IN5. The maximum Gasteiger partial charge on any atom is 0.142 e. The zero-order chi connectivity index (χ0) is 13.3. The van der Waals surface area contributed by atoms with Gasteiger partial charge in [0.1, 0.15) is 12.1 Å². The third kappa shape index (κ3) is 5.07. The summed E-state index contributed by atoms with van der Waals surface area (Å²) in [4.78, 5) is 12.2. The normalized spacial score (nSPS) is 10.4. The van der Waals surface area contributed by atoms with Gasteiger partial charge in [0, 0.05) is 31.7 Å². The molecule has 0 radical (unpaired) electrons. The molecule has 0 spiro atoms. The minimum atomic E-state index is 0.860. The Morgan fingerprint density at radius 1 is 1.16 bits per heavy atom. The molecule has 100 valence electrons. The minimum Gasteiger partial charge on any atom is -0.369 e. The molecule has 0 unspecified atom stereocenters. The Morgan fingerprint density at radius 2 is 2.11 bits per heavy atom. The molecule has 0 fully saturated rings. The van der Waals surface area contributed by atoms with E-state index < -0.39 is 0 Å². The number of nitrogens with one attached hydrogen (secondary N) is 2. The monoisotopic (exact) mass is 369 g/mol. The highest BCUT2D eigenvalue weighted by Gasteiger charge is 1.98. The van der Waals surface area contributed by atoms with Crippen LogP contribution in [0, 0.1) is 3.57 Å². The molecular weight excluding hydrogens is 353 g/mol. The Hall–Kier alpha value is -1.28. The molecule has 0 aromatic carbocycles. The summed E-state index contributed by atoms with van der Waals surface area (Å²) in [7, 11) is 0. The van der Waals surface area contributed by atoms with Crippen molar-refractivity contribution in [3.63, 3.8) is 0 Å². The van der Waals surface area contributed by atoms with E-state index in [2.05, 4.69) is 54.2 Å². The second kappa shape index (κ2) is 8.00. The van der Waals surface area contributed by atoms with Crippen molar-refractivity contribution in [3.05, 3.63) is 46.2 Å². The molecule has 0 aliphatic rings. The van der Waals surface area contributed by atoms with Crippen LogP contribution < -0.4 is 10.6 Å². The molecule has 0 saturated carbocycles. The van der Waals surface area contributed by atoms with Gasteiger partial charge in [-0.3, -0.25) is 4.98 Å². The lowest BCUT2D eigenvalue weighted by Crippen LogP contribution is -2.18. The molecule has 0 saturated heterocycles. The van der Waals surface area contributed by atoms with E-state index in [-0.39, 0.29) is 0 Å². The lowest BCUT2D eigenvalue weighted by molar-refractivity contribution is 0.661. The second-order valence-electron chi connectivity index (χ2n) is 4.04. The van der Waals surface area contributed by atoms with Gasteiger partial charge in [0.2, 0.25) is 0 Å². The number of nitrogens with zero attached hydrogens (tertiary/aromatic N) is 3. The van der Waals surface area contributed by atoms with Crippen molar-refractivity contribution in [2.75, 3.05) is 18.4 Å². The predicted octanol–water partition coefficient (Wildman–Crippen LogP) is 2.07. The Balaban J connectivity index is 1.59. The van der Waals surface area contributed by atoms with Gasteiger partial charge in [-0.1, -0.05) is 6.07 Å². The summed E-state index contributed by atoms with van der Waals surface area (Å²) in [6.45, 7) is 2.72. The summed E-state index contributed by atoms with van der Waals surface area (Å²) in [5, 5.41) is 6.69. The third-order valence-corrected chi connectivity index (χ3v) is 3.33. The van der Waals surface area contributed by atoms with Crippen LogP contribution in [0.1, 0.15) is 12.0 Å². The molecule has 0 amide bonds. The summed E-state index contributed by atoms with van der Waals surface area (Å²) in [5.41, 5.74) is 1.21. The number of hydrogen-bond acceptors (Lipinski definition) is 5. The summed E-state index contributed by atoms with van der Waals surface area (Å²) in [6, 6.07) is 4.02. The van der Waals surface area contributed by atoms with E-state index in [9.17, 15) is 0 Å². The molecule has 2 rings (SSSR count). The van der Waals surface area contributed by atoms with Crippen LogP contribution in [0.5, 0.6) is 0 Å². The predicted molar refractivity (Wildman–Crippen MR) is 83.8 cm³/mol. The van der Waals surface area contributed by atoms with Gasteiger partial charge in [-0.25, -0.2) is 9.97 Å². The number of aromatic nitrogens is 3. The average molecular weight is 369 g/mol. The Labute approximate surface area is 126 Å². The Kier molecular flexibility index (Phi) is 5.96. The Bertz CT molecular complexity index is 491. The molecule has 5 nitrogen and oxygen atoms in total. The van der Waals surface area contributed by atoms with Crippen molar-refractivity contribution < 1.29 is 0 Å². The van der Waals surface area contributed by atoms with Crippen molar-refractivity contribution >= 4 is 28.4 Å². The van der Waals surface area contributed by atoms with E-state index in [0.29, 0.717) is 0 Å². The van der Waals surface area contributed by atoms with Crippen LogP contribution >= 0.6 is 22.6 Å². The van der Waals surface area contributed by atoms with E-state index in [1.54, 1.807) is 18.7 Å². The van der Waals surface area contributed by atoms with Crippen LogP contribution in [0.3, 0.4) is 0 Å². The van der Waals surface area contributed by atoms with Crippen molar-refractivity contribution in [1.29, 1.82) is 0 Å². The van der Waals surface area contributed by atoms with Crippen molar-refractivity contribution in [2.45, 2.75) is 13.0 Å². The van der Waals surface area contributed by atoms with Crippen LogP contribution in [0.4, 0.5) is 5.82 Å². The molecule has 0 aliphatic carbocycles. The lowest BCUT2D eigenvalue weighted by atomic mass is 10.3. The number of anilines is 1. The van der Waals surface area contributed by atoms with Crippen molar-refractivity contribution in [3.8, 4) is 0 Å². The highest BCUT2D eigenvalue weighted by atomic mass is 127. The van der Waals surface area contributed by atoms with Crippen LogP contribution in [0.15, 0.2) is 37.1 Å². The van der Waals surface area contributed by atoms with Crippen molar-refractivity contribution in [2.24, 2.45) is 0 Å². The van der Waals surface area contributed by atoms with E-state index in [4.69, 9.17) is 0 Å². The molecule has 2 heterocycles. The molecule has 6 heteroatoms. The van der Waals surface area contributed by atoms with E-state index in [0.717, 1.165) is 35.4 Å². The van der Waals surface area contributed by atoms with E-state index in [1.165, 1.54) is 5.56 Å². The van der Waals surface area contributed by atoms with Gasteiger partial charge in [-0.15, -0.1) is 0 Å². The topological polar surface area (TPSA) is 62.7 Å². The number of rotatable bonds is 7. The maximum atomic E-state index is 4.19. The van der Waals surface area contributed by atoms with Crippen molar-refractivity contribution in [1.82, 2.24) is 20.3 Å². The first-order valence-electron chi connectivity index (χ1n) is 6.15. The fraction of sp³-hybridized carbons (Fsp3) is 0.308. The number of pyridine rings is 1. The average Bonchev–Trinajstić information content (AvgIpc) is 2.45. The summed E-state index contributed by atoms with van der Waals surface area (Å²) in [6.07, 6.45) is 8.08. The molecule has 19 heavy (non-hydrogen) atoms. The van der Waals surface area contributed by atoms with E-state index >= 15 is 0 Å². The van der Waals surface area contributed by atoms with Gasteiger partial charge >= 0.3 is 0 Å². The number of halogens is 1. The first-order chi connectivity index (χ1) is 9.36. The molecule has 2 N–H and O–H groups in total. The second-order valence-corrected chi connectivity index (χ2v) is 5.20. The molecule has 0 aliphatic heterocycles. The standard InChI is InChI=1S/C13H16IN5/c14-12-9-17-10-19-13(12)18-6-2-5-16-8-11-3-1-4-15-7-11/h1,3-4,7,9-10,16H,2,5-6,8H2,(H,17,18,19). The Morgan fingerprint density at radius 3 is 2.89 bits per heavy atom. The van der Waals surface area contributed by atoms with Gasteiger partial charge in [0.25, 0.3) is 0 Å². The molecule has 0 bridgehead atoms. The fourth-order valence-electron chi connectivity index (χ4n) is 1.60. The molecule has 2 aromatic heterocycles. The zero-order valence-electron chi connectivity index (χ0n) is 10.5. The van der Waals surface area contributed by atoms with Crippen LogP contribution in [0.2, 0.25) is 0 Å². The third-order valence-electron chi connectivity index (χ3n) is 2.54. The quantitative estimate of drug-likeness (QED) is 0.578. The zero-order valence-corrected chi connectivity index (χ0v) is 12.7. The van der Waals surface area contributed by atoms with Gasteiger partial charge < -0.3 is 10.6 Å². The van der Waals surface area contributed by atoms with Crippen LogP contribution in [0.25, 0.3) is 0 Å². The molecule has 0 atom stereocenters. The first kappa shape index (κ1) is 14.1. The summed E-state index contributed by atoms with van der Waals surface area (Å²) >= 11 is 2.23. The van der Waals surface area contributed by atoms with Gasteiger partial charge in [-0.05, 0) is 47.2 Å². The highest BCUT2D eigenvalue weighted by molar-refractivity contribution is 14.1. The highest BCUT2D eigenvalue weighted by Crippen LogP contribution is 2.11. The van der Waals surface area contributed by atoms with Gasteiger partial charge in [0.15, 0.2) is 0 Å². The van der Waals surface area contributed by atoms with E-state index in [1.807, 2.05) is 12.3 Å². The number of hydrogen-bond donors (Lipinski definition) is 2. The lowest BCUT2D eigenvalue weighted by Gasteiger charge is -2.07. The first-order valence-corrected chi connectivity index (χ1v) is 7.23. The fourth-order valence-corrected chi connectivity index (χ4v) is 2.09. The maximum absolute atomic E-state index is 4.19. The molecule has 2 aromatic rings. The minimum absolute atomic E-state index is 0.860. The summed E-state index contributed by atoms with van der Waals surface area (Å²) < 4.78 is 1.04. The smallest absolute Gasteiger partial charge is 0.142 e.